The molecule has 3 heterocycles. The molecule has 0 N–H and O–H groups in total. The maximum Gasteiger partial charge on any atom is 0.153 e. The van der Waals surface area contributed by atoms with E-state index in [1.165, 1.54) is 19.4 Å². The Morgan fingerprint density at radius 1 is 1.19 bits per heavy atom. The molecule has 108 valence electrons. The first-order valence-corrected chi connectivity index (χ1v) is 7.69. The monoisotopic (exact) mass is 281 g/mol. The van der Waals surface area contributed by atoms with Crippen LogP contribution in [0.1, 0.15) is 23.2 Å². The van der Waals surface area contributed by atoms with Crippen LogP contribution in [-0.4, -0.2) is 48.4 Å². The third-order valence-electron chi connectivity index (χ3n) is 4.75. The van der Waals surface area contributed by atoms with Crippen LogP contribution in [0.15, 0.2) is 30.3 Å². The Labute approximate surface area is 124 Å². The molecule has 1 aromatic heterocycles. The van der Waals surface area contributed by atoms with Gasteiger partial charge in [-0.1, -0.05) is 18.2 Å². The Hall–Kier alpha value is -1.94. The highest BCUT2D eigenvalue weighted by molar-refractivity contribution is 5.91. The summed E-state index contributed by atoms with van der Waals surface area (Å²) in [5.74, 6) is 0.857. The minimum atomic E-state index is 0.631. The van der Waals surface area contributed by atoms with Crippen LogP contribution in [0.25, 0.3) is 10.9 Å². The van der Waals surface area contributed by atoms with Gasteiger partial charge < -0.3 is 4.90 Å². The van der Waals surface area contributed by atoms with Crippen molar-refractivity contribution in [2.45, 2.75) is 18.9 Å². The third-order valence-corrected chi connectivity index (χ3v) is 4.75. The van der Waals surface area contributed by atoms with Crippen molar-refractivity contribution >= 4 is 23.0 Å². The molecular formula is C17H19N3O. The van der Waals surface area contributed by atoms with Crippen molar-refractivity contribution in [2.24, 2.45) is 0 Å². The lowest BCUT2D eigenvalue weighted by molar-refractivity contribution is 0.112. The molecule has 1 atom stereocenters. The zero-order chi connectivity index (χ0) is 14.2. The van der Waals surface area contributed by atoms with Crippen LogP contribution in [0.4, 0.5) is 5.82 Å². The molecule has 0 aliphatic carbocycles. The van der Waals surface area contributed by atoms with E-state index in [1.54, 1.807) is 0 Å². The summed E-state index contributed by atoms with van der Waals surface area (Å²) in [6.07, 6.45) is 3.50. The zero-order valence-electron chi connectivity index (χ0n) is 12.0. The van der Waals surface area contributed by atoms with Crippen LogP contribution in [0.5, 0.6) is 0 Å². The molecule has 0 amide bonds. The normalized spacial score (nSPS) is 22.5. The molecule has 0 spiro atoms. The minimum absolute atomic E-state index is 0.631. The second-order valence-corrected chi connectivity index (χ2v) is 5.99. The van der Waals surface area contributed by atoms with E-state index in [0.717, 1.165) is 42.6 Å². The van der Waals surface area contributed by atoms with Gasteiger partial charge in [-0.2, -0.15) is 0 Å². The molecule has 0 radical (unpaired) electrons. The fraction of sp³-hybridized carbons (Fsp3) is 0.412. The Balaban J connectivity index is 1.73. The fourth-order valence-electron chi connectivity index (χ4n) is 3.65. The molecule has 1 aromatic carbocycles. The molecule has 1 unspecified atom stereocenters. The van der Waals surface area contributed by atoms with Crippen LogP contribution in [-0.2, 0) is 0 Å². The summed E-state index contributed by atoms with van der Waals surface area (Å²) in [5.41, 5.74) is 1.67. The number of nitrogens with zero attached hydrogens (tertiary/aromatic N) is 3. The van der Waals surface area contributed by atoms with E-state index in [9.17, 15) is 4.79 Å². The zero-order valence-corrected chi connectivity index (χ0v) is 12.0. The predicted molar refractivity (Wildman–Crippen MR) is 83.9 cm³/mol. The quantitative estimate of drug-likeness (QED) is 0.792. The van der Waals surface area contributed by atoms with Crippen molar-refractivity contribution in [1.82, 2.24) is 9.88 Å². The van der Waals surface area contributed by atoms with Gasteiger partial charge in [0, 0.05) is 31.1 Å². The van der Waals surface area contributed by atoms with Gasteiger partial charge in [0.2, 0.25) is 0 Å². The summed E-state index contributed by atoms with van der Waals surface area (Å²) in [7, 11) is 0. The number of aldehydes is 1. The second kappa shape index (κ2) is 5.11. The van der Waals surface area contributed by atoms with Crippen LogP contribution < -0.4 is 4.90 Å². The molecule has 4 rings (SSSR count). The molecule has 2 aliphatic rings. The van der Waals surface area contributed by atoms with Crippen molar-refractivity contribution in [1.29, 1.82) is 0 Å². The van der Waals surface area contributed by atoms with E-state index < -0.39 is 0 Å². The van der Waals surface area contributed by atoms with Gasteiger partial charge in [-0.3, -0.25) is 9.69 Å². The molecule has 2 aromatic rings. The highest BCUT2D eigenvalue weighted by Crippen LogP contribution is 2.28. The Kier molecular flexibility index (Phi) is 3.11. The van der Waals surface area contributed by atoms with E-state index in [1.807, 2.05) is 30.3 Å². The van der Waals surface area contributed by atoms with Gasteiger partial charge in [-0.25, -0.2) is 4.98 Å². The van der Waals surface area contributed by atoms with Gasteiger partial charge in [0.1, 0.15) is 5.82 Å². The standard InChI is InChI=1S/C17H19N3O/c21-12-14-10-13-4-1-2-6-16(13)18-17(14)20-9-8-19-7-3-5-15(19)11-20/h1-2,4,6,10,12,15H,3,5,7-9,11H2. The van der Waals surface area contributed by atoms with Crippen LogP contribution >= 0.6 is 0 Å². The van der Waals surface area contributed by atoms with E-state index in [2.05, 4.69) is 9.80 Å². The van der Waals surface area contributed by atoms with Crippen LogP contribution in [0.3, 0.4) is 0 Å². The molecule has 2 aliphatic heterocycles. The molecule has 4 heteroatoms. The lowest BCUT2D eigenvalue weighted by atomic mass is 10.1. The summed E-state index contributed by atoms with van der Waals surface area (Å²) in [6.45, 7) is 4.26. The molecule has 4 nitrogen and oxygen atoms in total. The lowest BCUT2D eigenvalue weighted by Crippen LogP contribution is -2.50. The average Bonchev–Trinajstić information content (AvgIpc) is 3.01. The number of carbonyl (C=O) groups is 1. The number of hydrogen-bond acceptors (Lipinski definition) is 4. The summed E-state index contributed by atoms with van der Waals surface area (Å²) in [5, 5.41) is 1.03. The van der Waals surface area contributed by atoms with Crippen LogP contribution in [0.2, 0.25) is 0 Å². The average molecular weight is 281 g/mol. The topological polar surface area (TPSA) is 36.4 Å². The van der Waals surface area contributed by atoms with Crippen molar-refractivity contribution in [3.05, 3.63) is 35.9 Å². The summed E-state index contributed by atoms with van der Waals surface area (Å²) in [4.78, 5) is 21.1. The fourth-order valence-corrected chi connectivity index (χ4v) is 3.65. The molecular weight excluding hydrogens is 262 g/mol. The van der Waals surface area contributed by atoms with Gasteiger partial charge in [0.25, 0.3) is 0 Å². The SMILES string of the molecule is O=Cc1cc2ccccc2nc1N1CCN2CCCC2C1. The molecule has 2 fully saturated rings. The smallest absolute Gasteiger partial charge is 0.153 e. The first kappa shape index (κ1) is 12.8. The number of carbonyl (C=O) groups excluding carboxylic acids is 1. The Morgan fingerprint density at radius 2 is 2.10 bits per heavy atom. The number of rotatable bonds is 2. The first-order chi connectivity index (χ1) is 10.3. The number of piperazine rings is 1. The van der Waals surface area contributed by atoms with Crippen molar-refractivity contribution in [2.75, 3.05) is 31.1 Å². The van der Waals surface area contributed by atoms with Crippen molar-refractivity contribution in [3.8, 4) is 0 Å². The largest absolute Gasteiger partial charge is 0.353 e. The van der Waals surface area contributed by atoms with Gasteiger partial charge in [-0.15, -0.1) is 0 Å². The maximum atomic E-state index is 11.5. The van der Waals surface area contributed by atoms with Gasteiger partial charge in [0.05, 0.1) is 11.1 Å². The molecule has 2 saturated heterocycles. The lowest BCUT2D eigenvalue weighted by Gasteiger charge is -2.38. The number of pyridine rings is 1. The summed E-state index contributed by atoms with van der Waals surface area (Å²) in [6, 6.07) is 10.6. The van der Waals surface area contributed by atoms with Crippen molar-refractivity contribution in [3.63, 3.8) is 0 Å². The summed E-state index contributed by atoms with van der Waals surface area (Å²) >= 11 is 0. The number of aromatic nitrogens is 1. The third kappa shape index (κ3) is 2.20. The maximum absolute atomic E-state index is 11.5. The number of fused-ring (bicyclic) bond motifs is 2. The van der Waals surface area contributed by atoms with E-state index in [-0.39, 0.29) is 0 Å². The number of para-hydroxylation sites is 1. The van der Waals surface area contributed by atoms with Gasteiger partial charge in [-0.05, 0) is 31.5 Å². The van der Waals surface area contributed by atoms with E-state index in [4.69, 9.17) is 4.98 Å². The van der Waals surface area contributed by atoms with Gasteiger partial charge in [0.15, 0.2) is 6.29 Å². The van der Waals surface area contributed by atoms with Crippen LogP contribution in [0, 0.1) is 0 Å². The minimum Gasteiger partial charge on any atom is -0.353 e. The number of anilines is 1. The first-order valence-electron chi connectivity index (χ1n) is 7.69. The van der Waals surface area contributed by atoms with Gasteiger partial charge >= 0.3 is 0 Å². The van der Waals surface area contributed by atoms with Crippen molar-refractivity contribution < 1.29 is 4.79 Å². The highest BCUT2D eigenvalue weighted by atomic mass is 16.1. The Morgan fingerprint density at radius 3 is 3.00 bits per heavy atom. The second-order valence-electron chi connectivity index (χ2n) is 5.99. The highest BCUT2D eigenvalue weighted by Gasteiger charge is 2.31. The Bertz CT molecular complexity index is 685. The molecule has 0 bridgehead atoms. The van der Waals surface area contributed by atoms with E-state index in [0.29, 0.717) is 11.6 Å². The molecule has 21 heavy (non-hydrogen) atoms. The van der Waals surface area contributed by atoms with E-state index >= 15 is 0 Å². The molecule has 0 saturated carbocycles. The summed E-state index contributed by atoms with van der Waals surface area (Å²) < 4.78 is 0. The number of hydrogen-bond donors (Lipinski definition) is 0. The predicted octanol–water partition coefficient (Wildman–Crippen LogP) is 2.33. The number of benzene rings is 1.